The Morgan fingerprint density at radius 2 is 1.71 bits per heavy atom. The van der Waals surface area contributed by atoms with Crippen LogP contribution in [0.1, 0.15) is 15.2 Å². The summed E-state index contributed by atoms with van der Waals surface area (Å²) in [5, 5.41) is 2.07. The Balaban J connectivity index is 1.70. The van der Waals surface area contributed by atoms with E-state index in [1.54, 1.807) is 0 Å². The summed E-state index contributed by atoms with van der Waals surface area (Å²) in [6.45, 7) is 0. The SMILES string of the molecule is O=C(c1cn2c(nc3ccccc32)s1)c1cccc2ccccc12. The number of hydrogen-bond donors (Lipinski definition) is 0. The lowest BCUT2D eigenvalue weighted by atomic mass is 10.0. The molecule has 0 fully saturated rings. The van der Waals surface area contributed by atoms with E-state index >= 15 is 0 Å². The number of hydrogen-bond acceptors (Lipinski definition) is 3. The first-order chi connectivity index (χ1) is 11.8. The molecule has 0 radical (unpaired) electrons. The van der Waals surface area contributed by atoms with Crippen molar-refractivity contribution in [1.29, 1.82) is 0 Å². The first kappa shape index (κ1) is 13.5. The predicted molar refractivity (Wildman–Crippen MR) is 98.0 cm³/mol. The van der Waals surface area contributed by atoms with Gasteiger partial charge in [0.05, 0.1) is 15.9 Å². The number of nitrogens with zero attached hydrogens (tertiary/aromatic N) is 2. The Morgan fingerprint density at radius 1 is 0.917 bits per heavy atom. The number of carbonyl (C=O) groups excluding carboxylic acids is 1. The van der Waals surface area contributed by atoms with Gasteiger partial charge in [-0.25, -0.2) is 4.98 Å². The molecule has 0 aliphatic carbocycles. The van der Waals surface area contributed by atoms with E-state index in [0.29, 0.717) is 4.88 Å². The van der Waals surface area contributed by atoms with Crippen LogP contribution < -0.4 is 0 Å². The standard InChI is InChI=1S/C20H12N2OS/c23-19(15-9-5-7-13-6-1-2-8-14(13)15)18-12-22-17-11-4-3-10-16(17)21-20(22)24-18/h1-12H. The summed E-state index contributed by atoms with van der Waals surface area (Å²) < 4.78 is 2.00. The minimum Gasteiger partial charge on any atom is -0.289 e. The van der Waals surface area contributed by atoms with Gasteiger partial charge in [-0.3, -0.25) is 9.20 Å². The van der Waals surface area contributed by atoms with Crippen molar-refractivity contribution in [2.24, 2.45) is 0 Å². The minimum absolute atomic E-state index is 0.0476. The van der Waals surface area contributed by atoms with E-state index in [-0.39, 0.29) is 5.78 Å². The third-order valence-corrected chi connectivity index (χ3v) is 5.25. The fourth-order valence-electron chi connectivity index (χ4n) is 3.12. The maximum Gasteiger partial charge on any atom is 0.205 e. The van der Waals surface area contributed by atoms with Gasteiger partial charge < -0.3 is 0 Å². The highest BCUT2D eigenvalue weighted by atomic mass is 32.1. The quantitative estimate of drug-likeness (QED) is 0.430. The Morgan fingerprint density at radius 3 is 2.67 bits per heavy atom. The monoisotopic (exact) mass is 328 g/mol. The van der Waals surface area contributed by atoms with E-state index in [9.17, 15) is 4.79 Å². The van der Waals surface area contributed by atoms with E-state index in [0.717, 1.165) is 32.3 Å². The first-order valence-corrected chi connectivity index (χ1v) is 8.52. The number of aromatic nitrogens is 2. The molecule has 0 saturated heterocycles. The van der Waals surface area contributed by atoms with E-state index in [1.165, 1.54) is 11.3 Å². The van der Waals surface area contributed by atoms with Crippen LogP contribution in [0.4, 0.5) is 0 Å². The average Bonchev–Trinajstić information content (AvgIpc) is 3.18. The van der Waals surface area contributed by atoms with E-state index in [1.807, 2.05) is 77.3 Å². The van der Waals surface area contributed by atoms with Gasteiger partial charge in [-0.15, -0.1) is 0 Å². The van der Waals surface area contributed by atoms with Crippen LogP contribution in [-0.4, -0.2) is 15.2 Å². The Hall–Kier alpha value is -2.98. The molecular formula is C20H12N2OS. The van der Waals surface area contributed by atoms with Crippen LogP contribution in [0.3, 0.4) is 0 Å². The zero-order valence-electron chi connectivity index (χ0n) is 12.6. The molecule has 0 aliphatic heterocycles. The number of fused-ring (bicyclic) bond motifs is 4. The van der Waals surface area contributed by atoms with Gasteiger partial charge >= 0.3 is 0 Å². The number of ketones is 1. The van der Waals surface area contributed by atoms with Gasteiger partial charge in [0, 0.05) is 11.8 Å². The van der Waals surface area contributed by atoms with Crippen molar-refractivity contribution in [1.82, 2.24) is 9.38 Å². The van der Waals surface area contributed by atoms with Gasteiger partial charge in [0.15, 0.2) is 4.96 Å². The van der Waals surface area contributed by atoms with Crippen molar-refractivity contribution in [3.05, 3.63) is 83.4 Å². The third-order valence-electron chi connectivity index (χ3n) is 4.27. The lowest BCUT2D eigenvalue weighted by molar-refractivity contribution is 0.104. The number of para-hydroxylation sites is 2. The fourth-order valence-corrected chi connectivity index (χ4v) is 4.07. The molecule has 5 aromatic rings. The van der Waals surface area contributed by atoms with Gasteiger partial charge in [0.2, 0.25) is 5.78 Å². The second kappa shape index (κ2) is 5.01. The average molecular weight is 328 g/mol. The molecule has 3 nitrogen and oxygen atoms in total. The number of carbonyl (C=O) groups is 1. The molecule has 0 bridgehead atoms. The van der Waals surface area contributed by atoms with Crippen molar-refractivity contribution in [2.75, 3.05) is 0 Å². The number of imidazole rings is 1. The number of thiazole rings is 1. The van der Waals surface area contributed by atoms with E-state index in [2.05, 4.69) is 4.98 Å². The normalized spacial score (nSPS) is 11.5. The topological polar surface area (TPSA) is 34.4 Å². The third kappa shape index (κ3) is 1.90. The Bertz CT molecular complexity index is 1230. The first-order valence-electron chi connectivity index (χ1n) is 7.70. The van der Waals surface area contributed by atoms with Crippen LogP contribution in [0, 0.1) is 0 Å². The molecule has 0 N–H and O–H groups in total. The Labute approximate surface area is 141 Å². The molecule has 4 heteroatoms. The molecule has 2 heterocycles. The highest BCUT2D eigenvalue weighted by Crippen LogP contribution is 2.27. The number of benzene rings is 3. The zero-order chi connectivity index (χ0) is 16.1. The second-order valence-corrected chi connectivity index (χ2v) is 6.71. The lowest BCUT2D eigenvalue weighted by Crippen LogP contribution is -1.99. The summed E-state index contributed by atoms with van der Waals surface area (Å²) in [6.07, 6.45) is 1.90. The summed E-state index contributed by atoms with van der Waals surface area (Å²) in [6, 6.07) is 21.8. The highest BCUT2D eigenvalue weighted by Gasteiger charge is 2.17. The highest BCUT2D eigenvalue weighted by molar-refractivity contribution is 7.19. The van der Waals surface area contributed by atoms with E-state index < -0.39 is 0 Å². The van der Waals surface area contributed by atoms with Crippen LogP contribution in [0.2, 0.25) is 0 Å². The van der Waals surface area contributed by atoms with Gasteiger partial charge in [-0.1, -0.05) is 65.9 Å². The van der Waals surface area contributed by atoms with Crippen molar-refractivity contribution < 1.29 is 4.79 Å². The van der Waals surface area contributed by atoms with Crippen LogP contribution in [0.5, 0.6) is 0 Å². The predicted octanol–water partition coefficient (Wildman–Crippen LogP) is 4.93. The molecule has 0 atom stereocenters. The van der Waals surface area contributed by atoms with Crippen molar-refractivity contribution >= 4 is 43.9 Å². The van der Waals surface area contributed by atoms with Gasteiger partial charge in [0.25, 0.3) is 0 Å². The molecule has 0 aliphatic rings. The molecule has 2 aromatic heterocycles. The van der Waals surface area contributed by atoms with Crippen LogP contribution in [0.15, 0.2) is 72.9 Å². The summed E-state index contributed by atoms with van der Waals surface area (Å²) in [5.41, 5.74) is 2.72. The molecule has 3 aromatic carbocycles. The summed E-state index contributed by atoms with van der Waals surface area (Å²) in [7, 11) is 0. The molecule has 0 spiro atoms. The van der Waals surface area contributed by atoms with Crippen LogP contribution in [-0.2, 0) is 0 Å². The molecule has 5 rings (SSSR count). The maximum atomic E-state index is 13.0. The molecule has 0 amide bonds. The van der Waals surface area contributed by atoms with Crippen LogP contribution >= 0.6 is 11.3 Å². The summed E-state index contributed by atoms with van der Waals surface area (Å²) in [4.78, 5) is 19.2. The smallest absolute Gasteiger partial charge is 0.205 e. The zero-order valence-corrected chi connectivity index (χ0v) is 13.5. The second-order valence-electron chi connectivity index (χ2n) is 5.70. The van der Waals surface area contributed by atoms with Gasteiger partial charge in [0.1, 0.15) is 0 Å². The van der Waals surface area contributed by atoms with Crippen molar-refractivity contribution in [2.45, 2.75) is 0 Å². The molecule has 114 valence electrons. The van der Waals surface area contributed by atoms with Crippen molar-refractivity contribution in [3.8, 4) is 0 Å². The molecule has 0 saturated carbocycles. The largest absolute Gasteiger partial charge is 0.289 e. The molecule has 24 heavy (non-hydrogen) atoms. The van der Waals surface area contributed by atoms with Gasteiger partial charge in [-0.05, 0) is 22.9 Å². The fraction of sp³-hybridized carbons (Fsp3) is 0. The minimum atomic E-state index is 0.0476. The summed E-state index contributed by atoms with van der Waals surface area (Å²) >= 11 is 1.44. The van der Waals surface area contributed by atoms with Gasteiger partial charge in [-0.2, -0.15) is 0 Å². The van der Waals surface area contributed by atoms with Crippen LogP contribution in [0.25, 0.3) is 26.8 Å². The maximum absolute atomic E-state index is 13.0. The molecule has 0 unspecified atom stereocenters. The lowest BCUT2D eigenvalue weighted by Gasteiger charge is -2.03. The Kier molecular flexibility index (Phi) is 2.81. The van der Waals surface area contributed by atoms with Crippen molar-refractivity contribution in [3.63, 3.8) is 0 Å². The number of rotatable bonds is 2. The summed E-state index contributed by atoms with van der Waals surface area (Å²) in [5.74, 6) is 0.0476. The van der Waals surface area contributed by atoms with E-state index in [4.69, 9.17) is 0 Å². The molecular weight excluding hydrogens is 316 g/mol.